The summed E-state index contributed by atoms with van der Waals surface area (Å²) in [5.41, 5.74) is 0.0819. The Morgan fingerprint density at radius 2 is 1.92 bits per heavy atom. The van der Waals surface area contributed by atoms with Crippen LogP contribution in [0.4, 0.5) is 4.79 Å². The van der Waals surface area contributed by atoms with Gasteiger partial charge in [-0.25, -0.2) is 9.59 Å². The molecule has 0 atom stereocenters. The van der Waals surface area contributed by atoms with Gasteiger partial charge in [0.2, 0.25) is 0 Å². The lowest BCUT2D eigenvalue weighted by atomic mass is 10.0. The predicted molar refractivity (Wildman–Crippen MR) is 103 cm³/mol. The number of rotatable bonds is 3. The fraction of sp³-hybridized carbons (Fsp3) is 0.500. The zero-order chi connectivity index (χ0) is 18.8. The number of amides is 1. The molecule has 1 aliphatic heterocycles. The van der Waals surface area contributed by atoms with Gasteiger partial charge in [0.15, 0.2) is 0 Å². The number of carbonyl (C=O) groups excluding carboxylic acids is 1. The minimum absolute atomic E-state index is 0.221. The summed E-state index contributed by atoms with van der Waals surface area (Å²) in [7, 11) is 0. The van der Waals surface area contributed by atoms with Crippen molar-refractivity contribution in [3.8, 4) is 0 Å². The van der Waals surface area contributed by atoms with Crippen molar-refractivity contribution in [2.24, 2.45) is 0 Å². The van der Waals surface area contributed by atoms with Crippen molar-refractivity contribution in [3.63, 3.8) is 0 Å². The summed E-state index contributed by atoms with van der Waals surface area (Å²) < 4.78 is 8.81. The molecule has 1 fully saturated rings. The van der Waals surface area contributed by atoms with Crippen molar-refractivity contribution >= 4 is 32.9 Å². The number of carbonyl (C=O) groups is 1. The number of halogens is 1. The SMILES string of the molecule is CCOC(=O)N1CCC(n2c(=O)c3cc(Br)ccc3n(CC)c2=O)CC1. The number of nitrogens with zero attached hydrogens (tertiary/aromatic N) is 3. The highest BCUT2D eigenvalue weighted by molar-refractivity contribution is 9.10. The van der Waals surface area contributed by atoms with E-state index in [1.807, 2.05) is 13.0 Å². The van der Waals surface area contributed by atoms with Crippen molar-refractivity contribution in [1.82, 2.24) is 14.0 Å². The van der Waals surface area contributed by atoms with Gasteiger partial charge >= 0.3 is 11.8 Å². The quantitative estimate of drug-likeness (QED) is 0.760. The molecule has 0 spiro atoms. The van der Waals surface area contributed by atoms with Gasteiger partial charge in [-0.3, -0.25) is 13.9 Å². The molecule has 8 heteroatoms. The third-order valence-electron chi connectivity index (χ3n) is 4.81. The predicted octanol–water partition coefficient (Wildman–Crippen LogP) is 2.74. The van der Waals surface area contributed by atoms with Crippen molar-refractivity contribution in [2.75, 3.05) is 19.7 Å². The minimum atomic E-state index is -0.341. The molecule has 0 saturated carbocycles. The maximum absolute atomic E-state index is 13.0. The maximum atomic E-state index is 13.0. The number of hydrogen-bond acceptors (Lipinski definition) is 4. The minimum Gasteiger partial charge on any atom is -0.450 e. The van der Waals surface area contributed by atoms with Crippen LogP contribution in [0.5, 0.6) is 0 Å². The molecule has 7 nitrogen and oxygen atoms in total. The zero-order valence-electron chi connectivity index (χ0n) is 14.9. The first-order valence-electron chi connectivity index (χ1n) is 8.84. The van der Waals surface area contributed by atoms with Gasteiger partial charge in [-0.15, -0.1) is 0 Å². The lowest BCUT2D eigenvalue weighted by molar-refractivity contribution is 0.0919. The van der Waals surface area contributed by atoms with Crippen LogP contribution in [0.25, 0.3) is 10.9 Å². The number of aryl methyl sites for hydroxylation is 1. The van der Waals surface area contributed by atoms with Crippen LogP contribution < -0.4 is 11.2 Å². The summed E-state index contributed by atoms with van der Waals surface area (Å²) in [6.45, 7) is 5.42. The monoisotopic (exact) mass is 423 g/mol. The molecule has 2 aromatic rings. The van der Waals surface area contributed by atoms with Gasteiger partial charge in [-0.05, 0) is 44.9 Å². The van der Waals surface area contributed by atoms with Crippen molar-refractivity contribution in [3.05, 3.63) is 43.5 Å². The second-order valence-corrected chi connectivity index (χ2v) is 7.20. The normalized spacial score (nSPS) is 15.4. The second kappa shape index (κ2) is 7.65. The molecule has 1 aromatic carbocycles. The Bertz CT molecular complexity index is 942. The van der Waals surface area contributed by atoms with Gasteiger partial charge < -0.3 is 9.64 Å². The maximum Gasteiger partial charge on any atom is 0.409 e. The van der Waals surface area contributed by atoms with Gasteiger partial charge in [0, 0.05) is 30.1 Å². The number of benzene rings is 1. The number of aromatic nitrogens is 2. The highest BCUT2D eigenvalue weighted by Gasteiger charge is 2.27. The fourth-order valence-corrected chi connectivity index (χ4v) is 3.87. The van der Waals surface area contributed by atoms with Crippen LogP contribution in [0.15, 0.2) is 32.3 Å². The first kappa shape index (κ1) is 18.7. The lowest BCUT2D eigenvalue weighted by Crippen LogP contribution is -2.47. The van der Waals surface area contributed by atoms with Crippen LogP contribution in [0, 0.1) is 0 Å². The van der Waals surface area contributed by atoms with E-state index in [-0.39, 0.29) is 23.4 Å². The highest BCUT2D eigenvalue weighted by Crippen LogP contribution is 2.22. The Morgan fingerprint density at radius 1 is 1.23 bits per heavy atom. The Hall–Kier alpha value is -2.09. The van der Waals surface area contributed by atoms with E-state index >= 15 is 0 Å². The molecule has 1 saturated heterocycles. The number of fused-ring (bicyclic) bond motifs is 1. The van der Waals surface area contributed by atoms with Crippen LogP contribution in [0.3, 0.4) is 0 Å². The van der Waals surface area contributed by atoms with E-state index in [4.69, 9.17) is 4.74 Å². The Labute approximate surface area is 159 Å². The first-order chi connectivity index (χ1) is 12.5. The van der Waals surface area contributed by atoms with Crippen molar-refractivity contribution in [2.45, 2.75) is 39.3 Å². The smallest absolute Gasteiger partial charge is 0.409 e. The average Bonchev–Trinajstić information content (AvgIpc) is 2.63. The summed E-state index contributed by atoms with van der Waals surface area (Å²) in [5, 5.41) is 0.522. The number of likely N-dealkylation sites (tertiary alicyclic amines) is 1. The molecule has 2 heterocycles. The molecule has 0 bridgehead atoms. The number of piperidine rings is 1. The summed E-state index contributed by atoms with van der Waals surface area (Å²) in [6, 6.07) is 5.16. The third-order valence-corrected chi connectivity index (χ3v) is 5.30. The standard InChI is InChI=1S/C18H22BrN3O4/c1-3-21-15-6-5-12(19)11-14(15)16(23)22(17(21)24)13-7-9-20(10-8-13)18(25)26-4-2/h5-6,11,13H,3-4,7-10H2,1-2H3. The van der Waals surface area contributed by atoms with E-state index in [1.165, 1.54) is 4.57 Å². The molecule has 26 heavy (non-hydrogen) atoms. The molecule has 1 amide bonds. The summed E-state index contributed by atoms with van der Waals surface area (Å²) in [6.07, 6.45) is 0.765. The molecular formula is C18H22BrN3O4. The van der Waals surface area contributed by atoms with E-state index in [0.717, 1.165) is 4.47 Å². The van der Waals surface area contributed by atoms with Crippen LogP contribution in [-0.2, 0) is 11.3 Å². The topological polar surface area (TPSA) is 73.5 Å². The van der Waals surface area contributed by atoms with Gasteiger partial charge in [-0.1, -0.05) is 15.9 Å². The Balaban J connectivity index is 2.00. The van der Waals surface area contributed by atoms with Gasteiger partial charge in [0.05, 0.1) is 17.5 Å². The van der Waals surface area contributed by atoms with Gasteiger partial charge in [0.1, 0.15) is 0 Å². The molecule has 3 rings (SSSR count). The fourth-order valence-electron chi connectivity index (χ4n) is 3.51. The molecule has 0 N–H and O–H groups in total. The zero-order valence-corrected chi connectivity index (χ0v) is 16.5. The van der Waals surface area contributed by atoms with Crippen LogP contribution in [-0.4, -0.2) is 39.8 Å². The van der Waals surface area contributed by atoms with E-state index in [0.29, 0.717) is 50.0 Å². The number of hydrogen-bond donors (Lipinski definition) is 0. The molecular weight excluding hydrogens is 402 g/mol. The summed E-state index contributed by atoms with van der Waals surface area (Å²) >= 11 is 3.40. The van der Waals surface area contributed by atoms with Gasteiger partial charge in [0.25, 0.3) is 5.56 Å². The van der Waals surface area contributed by atoms with Crippen LogP contribution in [0.1, 0.15) is 32.7 Å². The van der Waals surface area contributed by atoms with Crippen molar-refractivity contribution in [1.29, 1.82) is 0 Å². The van der Waals surface area contributed by atoms with E-state index < -0.39 is 0 Å². The molecule has 0 aliphatic carbocycles. The van der Waals surface area contributed by atoms with Crippen LogP contribution in [0.2, 0.25) is 0 Å². The first-order valence-corrected chi connectivity index (χ1v) is 9.63. The molecule has 0 radical (unpaired) electrons. The lowest BCUT2D eigenvalue weighted by Gasteiger charge is -2.32. The average molecular weight is 424 g/mol. The van der Waals surface area contributed by atoms with E-state index in [1.54, 1.807) is 28.5 Å². The van der Waals surface area contributed by atoms with E-state index in [2.05, 4.69) is 15.9 Å². The van der Waals surface area contributed by atoms with Gasteiger partial charge in [-0.2, -0.15) is 0 Å². The molecule has 1 aliphatic rings. The number of ether oxygens (including phenoxy) is 1. The molecule has 140 valence electrons. The van der Waals surface area contributed by atoms with E-state index in [9.17, 15) is 14.4 Å². The summed E-state index contributed by atoms with van der Waals surface area (Å²) in [4.78, 5) is 39.4. The van der Waals surface area contributed by atoms with Crippen molar-refractivity contribution < 1.29 is 9.53 Å². The second-order valence-electron chi connectivity index (χ2n) is 6.28. The van der Waals surface area contributed by atoms with Crippen LogP contribution >= 0.6 is 15.9 Å². The Morgan fingerprint density at radius 3 is 2.54 bits per heavy atom. The molecule has 0 unspecified atom stereocenters. The summed E-state index contributed by atoms with van der Waals surface area (Å²) in [5.74, 6) is 0. The largest absolute Gasteiger partial charge is 0.450 e. The third kappa shape index (κ3) is 3.30. The Kier molecular flexibility index (Phi) is 5.50. The highest BCUT2D eigenvalue weighted by atomic mass is 79.9. The molecule has 1 aromatic heterocycles.